The van der Waals surface area contributed by atoms with E-state index in [9.17, 15) is 9.59 Å². The summed E-state index contributed by atoms with van der Waals surface area (Å²) in [4.78, 5) is 26.2. The van der Waals surface area contributed by atoms with E-state index in [2.05, 4.69) is 9.72 Å². The fourth-order valence-corrected chi connectivity index (χ4v) is 1.01. The molecule has 0 saturated carbocycles. The van der Waals surface area contributed by atoms with Crippen LogP contribution in [0, 0.1) is 0 Å². The molecule has 0 aliphatic heterocycles. The molecule has 0 aliphatic rings. The van der Waals surface area contributed by atoms with Crippen LogP contribution in [0.1, 0.15) is 34.2 Å². The monoisotopic (exact) mass is 193 g/mol. The number of esters is 1. The molecule has 0 saturated heterocycles. The number of pyridine rings is 1. The van der Waals surface area contributed by atoms with Crippen LogP contribution in [0.2, 0.25) is 0 Å². The van der Waals surface area contributed by atoms with Gasteiger partial charge in [-0.05, 0) is 12.1 Å². The van der Waals surface area contributed by atoms with E-state index in [-0.39, 0.29) is 5.78 Å². The predicted molar refractivity (Wildman–Crippen MR) is 50.2 cm³/mol. The van der Waals surface area contributed by atoms with Gasteiger partial charge in [0.15, 0.2) is 5.78 Å². The van der Waals surface area contributed by atoms with Crippen molar-refractivity contribution in [3.63, 3.8) is 0 Å². The summed E-state index contributed by atoms with van der Waals surface area (Å²) >= 11 is 0. The van der Waals surface area contributed by atoms with Crippen molar-refractivity contribution in [3.05, 3.63) is 29.6 Å². The Hall–Kier alpha value is -1.71. The molecule has 0 unspecified atom stereocenters. The highest BCUT2D eigenvalue weighted by atomic mass is 16.5. The van der Waals surface area contributed by atoms with Gasteiger partial charge in [0.1, 0.15) is 5.69 Å². The average molecular weight is 193 g/mol. The van der Waals surface area contributed by atoms with E-state index in [1.165, 1.54) is 25.4 Å². The van der Waals surface area contributed by atoms with Crippen LogP contribution in [0.4, 0.5) is 0 Å². The molecule has 1 aromatic rings. The van der Waals surface area contributed by atoms with Crippen LogP contribution >= 0.6 is 0 Å². The second-order valence-corrected chi connectivity index (χ2v) is 2.70. The molecule has 4 heteroatoms. The van der Waals surface area contributed by atoms with Gasteiger partial charge >= 0.3 is 5.97 Å². The van der Waals surface area contributed by atoms with Crippen molar-refractivity contribution in [2.75, 3.05) is 7.11 Å². The minimum atomic E-state index is -0.461. The number of rotatable bonds is 3. The lowest BCUT2D eigenvalue weighted by Crippen LogP contribution is -2.06. The Labute approximate surface area is 81.9 Å². The van der Waals surface area contributed by atoms with Gasteiger partial charge in [-0.2, -0.15) is 0 Å². The number of Topliss-reactive ketones (excluding diaryl/α,β-unsaturated/α-hetero) is 1. The lowest BCUT2D eigenvalue weighted by Gasteiger charge is -2.00. The van der Waals surface area contributed by atoms with Crippen molar-refractivity contribution in [1.82, 2.24) is 4.98 Å². The van der Waals surface area contributed by atoms with Gasteiger partial charge in [-0.1, -0.05) is 6.92 Å². The summed E-state index contributed by atoms with van der Waals surface area (Å²) in [6.07, 6.45) is 1.80. The number of carbonyl (C=O) groups is 2. The van der Waals surface area contributed by atoms with Crippen molar-refractivity contribution in [1.29, 1.82) is 0 Å². The Morgan fingerprint density at radius 1 is 1.50 bits per heavy atom. The number of aromatic nitrogens is 1. The summed E-state index contributed by atoms with van der Waals surface area (Å²) in [6.45, 7) is 1.74. The number of hydrogen-bond acceptors (Lipinski definition) is 4. The number of methoxy groups -OCH3 is 1. The number of ether oxygens (including phenoxy) is 1. The third kappa shape index (κ3) is 2.16. The molecule has 0 aromatic carbocycles. The Morgan fingerprint density at radius 3 is 2.79 bits per heavy atom. The molecule has 4 nitrogen and oxygen atoms in total. The first kappa shape index (κ1) is 10.4. The molecule has 1 rings (SSSR count). The Bertz CT molecular complexity index is 329. The summed E-state index contributed by atoms with van der Waals surface area (Å²) in [5.41, 5.74) is 0.648. The highest BCUT2D eigenvalue weighted by Gasteiger charge is 2.09. The molecule has 0 aliphatic carbocycles. The number of carbonyl (C=O) groups excluding carboxylic acids is 2. The van der Waals surface area contributed by atoms with E-state index in [0.717, 1.165) is 0 Å². The molecule has 0 amide bonds. The molecule has 0 atom stereocenters. The highest BCUT2D eigenvalue weighted by molar-refractivity contribution is 5.97. The van der Waals surface area contributed by atoms with Crippen LogP contribution in [0.25, 0.3) is 0 Å². The Balaban J connectivity index is 3.01. The van der Waals surface area contributed by atoms with Gasteiger partial charge < -0.3 is 4.74 Å². The molecule has 1 heterocycles. The van der Waals surface area contributed by atoms with E-state index in [0.29, 0.717) is 17.7 Å². The smallest absolute Gasteiger partial charge is 0.337 e. The third-order valence-electron chi connectivity index (χ3n) is 1.79. The van der Waals surface area contributed by atoms with Gasteiger partial charge in [0.05, 0.1) is 12.7 Å². The first-order valence-corrected chi connectivity index (χ1v) is 4.26. The minimum Gasteiger partial charge on any atom is -0.465 e. The quantitative estimate of drug-likeness (QED) is 0.538. The molecule has 0 radical (unpaired) electrons. The average Bonchev–Trinajstić information content (AvgIpc) is 2.27. The number of nitrogens with zero attached hydrogens (tertiary/aromatic N) is 1. The molecule has 0 fully saturated rings. The summed E-state index contributed by atoms with van der Waals surface area (Å²) < 4.78 is 4.53. The number of hydrogen-bond donors (Lipinski definition) is 0. The third-order valence-corrected chi connectivity index (χ3v) is 1.79. The topological polar surface area (TPSA) is 56.3 Å². The molecule has 0 bridgehead atoms. The summed E-state index contributed by atoms with van der Waals surface area (Å²) in [5.74, 6) is -0.548. The van der Waals surface area contributed by atoms with Crippen LogP contribution in [0.3, 0.4) is 0 Å². The second kappa shape index (κ2) is 4.50. The van der Waals surface area contributed by atoms with Gasteiger partial charge in [0.25, 0.3) is 0 Å². The van der Waals surface area contributed by atoms with Crippen molar-refractivity contribution < 1.29 is 14.3 Å². The predicted octanol–water partition coefficient (Wildman–Crippen LogP) is 1.46. The fraction of sp³-hybridized carbons (Fsp3) is 0.300. The molecule has 14 heavy (non-hydrogen) atoms. The maximum absolute atomic E-state index is 11.3. The molecular weight excluding hydrogens is 182 g/mol. The van der Waals surface area contributed by atoms with Crippen molar-refractivity contribution in [2.45, 2.75) is 13.3 Å². The van der Waals surface area contributed by atoms with Crippen LogP contribution in [-0.2, 0) is 4.74 Å². The summed E-state index contributed by atoms with van der Waals surface area (Å²) in [7, 11) is 1.30. The maximum Gasteiger partial charge on any atom is 0.337 e. The van der Waals surface area contributed by atoms with E-state index in [1.807, 2.05) is 0 Å². The van der Waals surface area contributed by atoms with Crippen LogP contribution in [0.15, 0.2) is 18.3 Å². The summed E-state index contributed by atoms with van der Waals surface area (Å²) in [6, 6.07) is 2.95. The Morgan fingerprint density at radius 2 is 2.21 bits per heavy atom. The van der Waals surface area contributed by atoms with Crippen LogP contribution in [0.5, 0.6) is 0 Å². The maximum atomic E-state index is 11.3. The van der Waals surface area contributed by atoms with Crippen molar-refractivity contribution in [2.24, 2.45) is 0 Å². The zero-order chi connectivity index (χ0) is 10.6. The van der Waals surface area contributed by atoms with Crippen LogP contribution in [-0.4, -0.2) is 23.8 Å². The number of ketones is 1. The standard InChI is InChI=1S/C10H11NO3/c1-3-9(12)8-6-7(4-5-11-8)10(13)14-2/h4-6H,3H2,1-2H3. The summed E-state index contributed by atoms with van der Waals surface area (Å²) in [5, 5.41) is 0. The largest absolute Gasteiger partial charge is 0.465 e. The van der Waals surface area contributed by atoms with Gasteiger partial charge in [-0.3, -0.25) is 9.78 Å². The molecule has 74 valence electrons. The first-order valence-electron chi connectivity index (χ1n) is 4.26. The molecule has 1 aromatic heterocycles. The van der Waals surface area contributed by atoms with E-state index < -0.39 is 5.97 Å². The lowest BCUT2D eigenvalue weighted by molar-refractivity contribution is 0.0600. The van der Waals surface area contributed by atoms with E-state index in [1.54, 1.807) is 6.92 Å². The SMILES string of the molecule is CCC(=O)c1cc(C(=O)OC)ccn1. The van der Waals surface area contributed by atoms with Gasteiger partial charge in [0.2, 0.25) is 0 Å². The Kier molecular flexibility index (Phi) is 3.34. The normalized spacial score (nSPS) is 9.57. The highest BCUT2D eigenvalue weighted by Crippen LogP contribution is 2.05. The van der Waals surface area contributed by atoms with Gasteiger partial charge in [-0.25, -0.2) is 4.79 Å². The molecular formula is C10H11NO3. The second-order valence-electron chi connectivity index (χ2n) is 2.70. The lowest BCUT2D eigenvalue weighted by atomic mass is 10.1. The van der Waals surface area contributed by atoms with Crippen molar-refractivity contribution >= 4 is 11.8 Å². The van der Waals surface area contributed by atoms with Crippen LogP contribution < -0.4 is 0 Å². The zero-order valence-corrected chi connectivity index (χ0v) is 8.11. The zero-order valence-electron chi connectivity index (χ0n) is 8.11. The molecule has 0 N–H and O–H groups in total. The van der Waals surface area contributed by atoms with Gasteiger partial charge in [-0.15, -0.1) is 0 Å². The first-order chi connectivity index (χ1) is 6.69. The minimum absolute atomic E-state index is 0.0873. The van der Waals surface area contributed by atoms with E-state index >= 15 is 0 Å². The van der Waals surface area contributed by atoms with Crippen molar-refractivity contribution in [3.8, 4) is 0 Å². The fourth-order valence-electron chi connectivity index (χ4n) is 1.01. The van der Waals surface area contributed by atoms with E-state index in [4.69, 9.17) is 0 Å². The molecule has 0 spiro atoms. The van der Waals surface area contributed by atoms with Gasteiger partial charge in [0, 0.05) is 12.6 Å².